The second kappa shape index (κ2) is 6.38. The number of hydrogen-bond donors (Lipinski definition) is 1. The van der Waals surface area contributed by atoms with Crippen LogP contribution in [0.15, 0.2) is 46.9 Å². The molecule has 0 heterocycles. The van der Waals surface area contributed by atoms with E-state index in [0.29, 0.717) is 10.6 Å². The third-order valence-electron chi connectivity index (χ3n) is 3.05. The van der Waals surface area contributed by atoms with E-state index in [-0.39, 0.29) is 6.42 Å². The molecule has 2 aromatic rings. The van der Waals surface area contributed by atoms with Crippen LogP contribution < -0.4 is 0 Å². The molecule has 0 radical (unpaired) electrons. The molecule has 0 amide bonds. The van der Waals surface area contributed by atoms with Gasteiger partial charge in [0.1, 0.15) is 0 Å². The third kappa shape index (κ3) is 4.22. The molecule has 0 bridgehead atoms. The SMILES string of the molecule is OC(Cc1ccc(Br)cc1Cl)c1ccc(C(F)(F)F)cc1. The molecule has 0 saturated carbocycles. The van der Waals surface area contributed by atoms with Crippen molar-refractivity contribution >= 4 is 27.5 Å². The summed E-state index contributed by atoms with van der Waals surface area (Å²) in [5.41, 5.74) is 0.411. The molecule has 1 atom stereocenters. The summed E-state index contributed by atoms with van der Waals surface area (Å²) < 4.78 is 38.2. The van der Waals surface area contributed by atoms with Crippen molar-refractivity contribution in [3.8, 4) is 0 Å². The van der Waals surface area contributed by atoms with Crippen LogP contribution in [0.25, 0.3) is 0 Å². The molecule has 2 rings (SSSR count). The first-order valence-electron chi connectivity index (χ1n) is 6.06. The van der Waals surface area contributed by atoms with E-state index in [0.717, 1.165) is 22.2 Å². The summed E-state index contributed by atoms with van der Waals surface area (Å²) in [4.78, 5) is 0. The van der Waals surface area contributed by atoms with E-state index >= 15 is 0 Å². The normalized spacial score (nSPS) is 13.2. The Hall–Kier alpha value is -1.04. The summed E-state index contributed by atoms with van der Waals surface area (Å²) in [7, 11) is 0. The van der Waals surface area contributed by atoms with Crippen molar-refractivity contribution in [3.63, 3.8) is 0 Å². The van der Waals surface area contributed by atoms with Gasteiger partial charge in [0.2, 0.25) is 0 Å². The van der Waals surface area contributed by atoms with Crippen LogP contribution in [0.4, 0.5) is 13.2 Å². The lowest BCUT2D eigenvalue weighted by Crippen LogP contribution is -2.06. The molecule has 112 valence electrons. The van der Waals surface area contributed by atoms with Gasteiger partial charge in [0.25, 0.3) is 0 Å². The maximum atomic E-state index is 12.5. The minimum atomic E-state index is -4.38. The number of aliphatic hydroxyl groups excluding tert-OH is 1. The Kier molecular flexibility index (Phi) is 4.96. The Bertz CT molecular complexity index is 626. The second-order valence-electron chi connectivity index (χ2n) is 4.58. The second-order valence-corrected chi connectivity index (χ2v) is 5.90. The average molecular weight is 380 g/mol. The standard InChI is InChI=1S/C15H11BrClF3O/c16-12-6-3-10(13(17)8-12)7-14(21)9-1-4-11(5-2-9)15(18,19)20/h1-6,8,14,21H,7H2. The number of alkyl halides is 3. The predicted molar refractivity (Wildman–Crippen MR) is 79.3 cm³/mol. The van der Waals surface area contributed by atoms with Crippen molar-refractivity contribution in [2.24, 2.45) is 0 Å². The van der Waals surface area contributed by atoms with E-state index in [1.54, 1.807) is 18.2 Å². The molecule has 1 N–H and O–H groups in total. The van der Waals surface area contributed by atoms with Crippen molar-refractivity contribution in [2.75, 3.05) is 0 Å². The quantitative estimate of drug-likeness (QED) is 0.757. The highest BCUT2D eigenvalue weighted by Gasteiger charge is 2.30. The smallest absolute Gasteiger partial charge is 0.388 e. The van der Waals surface area contributed by atoms with Gasteiger partial charge in [0.05, 0.1) is 11.7 Å². The van der Waals surface area contributed by atoms with Crippen LogP contribution in [-0.4, -0.2) is 5.11 Å². The maximum absolute atomic E-state index is 12.5. The Balaban J connectivity index is 2.15. The lowest BCUT2D eigenvalue weighted by atomic mass is 10.0. The zero-order valence-corrected chi connectivity index (χ0v) is 13.0. The van der Waals surface area contributed by atoms with E-state index in [9.17, 15) is 18.3 Å². The molecule has 2 aromatic carbocycles. The van der Waals surface area contributed by atoms with Gasteiger partial charge in [-0.1, -0.05) is 45.7 Å². The molecule has 1 nitrogen and oxygen atoms in total. The fourth-order valence-electron chi connectivity index (χ4n) is 1.91. The fourth-order valence-corrected chi connectivity index (χ4v) is 2.66. The first-order valence-corrected chi connectivity index (χ1v) is 7.23. The van der Waals surface area contributed by atoms with E-state index < -0.39 is 17.8 Å². The van der Waals surface area contributed by atoms with Gasteiger partial charge in [0, 0.05) is 15.9 Å². The zero-order chi connectivity index (χ0) is 15.6. The van der Waals surface area contributed by atoms with Crippen LogP contribution >= 0.6 is 27.5 Å². The number of rotatable bonds is 3. The average Bonchev–Trinajstić information content (AvgIpc) is 2.41. The molecule has 6 heteroatoms. The van der Waals surface area contributed by atoms with Gasteiger partial charge in [-0.25, -0.2) is 0 Å². The molecule has 0 spiro atoms. The van der Waals surface area contributed by atoms with Crippen LogP contribution in [-0.2, 0) is 12.6 Å². The van der Waals surface area contributed by atoms with E-state index in [1.807, 2.05) is 0 Å². The van der Waals surface area contributed by atoms with Crippen molar-refractivity contribution in [3.05, 3.63) is 68.7 Å². The Morgan fingerprint density at radius 2 is 1.71 bits per heavy atom. The van der Waals surface area contributed by atoms with Gasteiger partial charge in [-0.3, -0.25) is 0 Å². The summed E-state index contributed by atoms with van der Waals surface area (Å²) >= 11 is 9.34. The number of benzene rings is 2. The highest BCUT2D eigenvalue weighted by Crippen LogP contribution is 2.31. The van der Waals surface area contributed by atoms with Gasteiger partial charge in [0.15, 0.2) is 0 Å². The summed E-state index contributed by atoms with van der Waals surface area (Å²) in [5, 5.41) is 10.6. The first kappa shape index (κ1) is 16.3. The molecule has 1 unspecified atom stereocenters. The molecular formula is C15H11BrClF3O. The molecule has 0 aliphatic carbocycles. The summed E-state index contributed by atoms with van der Waals surface area (Å²) in [6.45, 7) is 0. The van der Waals surface area contributed by atoms with Gasteiger partial charge in [-0.15, -0.1) is 0 Å². The molecule has 0 aromatic heterocycles. The van der Waals surface area contributed by atoms with Crippen molar-refractivity contribution in [1.82, 2.24) is 0 Å². The van der Waals surface area contributed by atoms with Gasteiger partial charge in [-0.05, 0) is 35.4 Å². The lowest BCUT2D eigenvalue weighted by molar-refractivity contribution is -0.137. The summed E-state index contributed by atoms with van der Waals surface area (Å²) in [5.74, 6) is 0. The molecular weight excluding hydrogens is 369 g/mol. The highest BCUT2D eigenvalue weighted by molar-refractivity contribution is 9.10. The number of aliphatic hydroxyl groups is 1. The number of hydrogen-bond acceptors (Lipinski definition) is 1. The fraction of sp³-hybridized carbons (Fsp3) is 0.200. The molecule has 0 fully saturated rings. The Morgan fingerprint density at radius 1 is 1.10 bits per heavy atom. The maximum Gasteiger partial charge on any atom is 0.416 e. The first-order chi connectivity index (χ1) is 9.77. The van der Waals surface area contributed by atoms with E-state index in [1.165, 1.54) is 12.1 Å². The van der Waals surface area contributed by atoms with Gasteiger partial charge < -0.3 is 5.11 Å². The highest BCUT2D eigenvalue weighted by atomic mass is 79.9. The molecule has 0 saturated heterocycles. The van der Waals surface area contributed by atoms with Crippen molar-refractivity contribution in [2.45, 2.75) is 18.7 Å². The van der Waals surface area contributed by atoms with Gasteiger partial charge >= 0.3 is 6.18 Å². The van der Waals surface area contributed by atoms with Crippen LogP contribution in [0.1, 0.15) is 22.8 Å². The van der Waals surface area contributed by atoms with Crippen LogP contribution in [0.3, 0.4) is 0 Å². The zero-order valence-electron chi connectivity index (χ0n) is 10.7. The summed E-state index contributed by atoms with van der Waals surface area (Å²) in [6.07, 6.45) is -5.05. The largest absolute Gasteiger partial charge is 0.416 e. The topological polar surface area (TPSA) is 20.2 Å². The van der Waals surface area contributed by atoms with E-state index in [4.69, 9.17) is 11.6 Å². The van der Waals surface area contributed by atoms with Crippen molar-refractivity contribution in [1.29, 1.82) is 0 Å². The molecule has 21 heavy (non-hydrogen) atoms. The van der Waals surface area contributed by atoms with Crippen LogP contribution in [0, 0.1) is 0 Å². The lowest BCUT2D eigenvalue weighted by Gasteiger charge is -2.14. The predicted octanol–water partition coefficient (Wildman–Crippen LogP) is 5.40. The number of halogens is 5. The third-order valence-corrected chi connectivity index (χ3v) is 3.90. The summed E-state index contributed by atoms with van der Waals surface area (Å²) in [6, 6.07) is 9.74. The van der Waals surface area contributed by atoms with Gasteiger partial charge in [-0.2, -0.15) is 13.2 Å². The van der Waals surface area contributed by atoms with E-state index in [2.05, 4.69) is 15.9 Å². The minimum absolute atomic E-state index is 0.234. The monoisotopic (exact) mass is 378 g/mol. The molecule has 0 aliphatic heterocycles. The van der Waals surface area contributed by atoms with Crippen molar-refractivity contribution < 1.29 is 18.3 Å². The van der Waals surface area contributed by atoms with Crippen LogP contribution in [0.5, 0.6) is 0 Å². The van der Waals surface area contributed by atoms with Crippen LogP contribution in [0.2, 0.25) is 5.02 Å². The molecule has 0 aliphatic rings. The minimum Gasteiger partial charge on any atom is -0.388 e. The Morgan fingerprint density at radius 3 is 2.24 bits per heavy atom. The Labute approximate surface area is 133 Å².